The molecular weight excluding hydrogens is 429 g/mol. The Morgan fingerprint density at radius 2 is 1.68 bits per heavy atom. The van der Waals surface area contributed by atoms with Crippen molar-refractivity contribution in [3.05, 3.63) is 107 Å². The van der Waals surface area contributed by atoms with E-state index in [2.05, 4.69) is 12.1 Å². The minimum atomic E-state index is -1.55. The Kier molecular flexibility index (Phi) is 5.15. The van der Waals surface area contributed by atoms with Gasteiger partial charge in [-0.3, -0.25) is 4.79 Å². The molecule has 1 fully saturated rings. The highest BCUT2D eigenvalue weighted by atomic mass is 19.1. The number of Topliss-reactive ketones (excluding diaryl/α,β-unsaturated/α-hetero) is 1. The molecule has 166 valence electrons. The zero-order valence-electron chi connectivity index (χ0n) is 18.4. The number of ketones is 1. The molecule has 0 radical (unpaired) electrons. The van der Waals surface area contributed by atoms with Gasteiger partial charge in [0.1, 0.15) is 17.6 Å². The number of rotatable bonds is 4. The molecular formula is C28H20FN3O2. The van der Waals surface area contributed by atoms with Crippen LogP contribution in [0, 0.1) is 33.9 Å². The van der Waals surface area contributed by atoms with Crippen molar-refractivity contribution in [1.29, 1.82) is 10.5 Å². The van der Waals surface area contributed by atoms with Gasteiger partial charge in [-0.2, -0.15) is 10.5 Å². The highest BCUT2D eigenvalue weighted by Crippen LogP contribution is 2.60. The summed E-state index contributed by atoms with van der Waals surface area (Å²) in [5.41, 5.74) is 1.19. The average molecular weight is 449 g/mol. The number of carbonyl (C=O) groups is 1. The molecule has 3 aromatic carbocycles. The third-order valence-electron chi connectivity index (χ3n) is 6.82. The van der Waals surface area contributed by atoms with Crippen LogP contribution in [0.1, 0.15) is 39.0 Å². The van der Waals surface area contributed by atoms with E-state index in [1.807, 2.05) is 35.2 Å². The molecule has 0 N–H and O–H groups in total. The van der Waals surface area contributed by atoms with Crippen molar-refractivity contribution in [2.24, 2.45) is 5.41 Å². The molecule has 34 heavy (non-hydrogen) atoms. The van der Waals surface area contributed by atoms with Crippen LogP contribution in [0.3, 0.4) is 0 Å². The second kappa shape index (κ2) is 8.17. The lowest BCUT2D eigenvalue weighted by Crippen LogP contribution is -2.37. The van der Waals surface area contributed by atoms with E-state index in [9.17, 15) is 19.7 Å². The molecule has 5 rings (SSSR count). The van der Waals surface area contributed by atoms with Crippen LogP contribution in [0.5, 0.6) is 5.75 Å². The van der Waals surface area contributed by atoms with Crippen molar-refractivity contribution in [1.82, 2.24) is 4.90 Å². The van der Waals surface area contributed by atoms with Crippen molar-refractivity contribution in [3.63, 3.8) is 0 Å². The van der Waals surface area contributed by atoms with Gasteiger partial charge >= 0.3 is 0 Å². The first-order valence-corrected chi connectivity index (χ1v) is 10.8. The van der Waals surface area contributed by atoms with Crippen LogP contribution in [0.2, 0.25) is 0 Å². The average Bonchev–Trinajstić information content (AvgIpc) is 3.20. The Morgan fingerprint density at radius 3 is 2.32 bits per heavy atom. The van der Waals surface area contributed by atoms with Crippen LogP contribution < -0.4 is 4.74 Å². The van der Waals surface area contributed by atoms with E-state index in [4.69, 9.17) is 4.74 Å². The Bertz CT molecular complexity index is 1350. The van der Waals surface area contributed by atoms with Gasteiger partial charge in [-0.1, -0.05) is 36.4 Å². The topological polar surface area (TPSA) is 77.1 Å². The number of ether oxygens (including phenoxy) is 1. The summed E-state index contributed by atoms with van der Waals surface area (Å²) in [7, 11) is 1.56. The van der Waals surface area contributed by atoms with Crippen molar-refractivity contribution in [2.75, 3.05) is 7.11 Å². The zero-order valence-corrected chi connectivity index (χ0v) is 18.4. The Morgan fingerprint density at radius 1 is 1.00 bits per heavy atom. The molecule has 0 saturated carbocycles. The van der Waals surface area contributed by atoms with Crippen molar-refractivity contribution >= 4 is 11.9 Å². The Balaban J connectivity index is 1.75. The number of benzene rings is 3. The maximum absolute atomic E-state index is 13.9. The molecule has 0 amide bonds. The van der Waals surface area contributed by atoms with Gasteiger partial charge < -0.3 is 9.64 Å². The summed E-state index contributed by atoms with van der Waals surface area (Å²) in [6.07, 6.45) is 3.69. The lowest BCUT2D eigenvalue weighted by molar-refractivity contribution is 0.0874. The summed E-state index contributed by atoms with van der Waals surface area (Å²) in [6.45, 7) is 0. The maximum atomic E-state index is 13.9. The smallest absolute Gasteiger partial charge is 0.185 e. The number of hydrogen-bond acceptors (Lipinski definition) is 5. The summed E-state index contributed by atoms with van der Waals surface area (Å²) in [5, 5.41) is 21.0. The first-order valence-electron chi connectivity index (χ1n) is 10.8. The van der Waals surface area contributed by atoms with E-state index in [0.29, 0.717) is 16.9 Å². The fourth-order valence-electron chi connectivity index (χ4n) is 5.26. The van der Waals surface area contributed by atoms with Gasteiger partial charge in [0.25, 0.3) is 0 Å². The number of halogens is 1. The SMILES string of the molecule is COc1ccc(C2C(C(=O)c3ccc(F)cc3)N3C=Cc4ccccc4C3C2(C#N)C#N)cc1. The molecule has 0 aromatic heterocycles. The van der Waals surface area contributed by atoms with Gasteiger partial charge in [-0.25, -0.2) is 4.39 Å². The lowest BCUT2D eigenvalue weighted by atomic mass is 9.67. The maximum Gasteiger partial charge on any atom is 0.185 e. The molecule has 3 unspecified atom stereocenters. The number of fused-ring (bicyclic) bond motifs is 3. The van der Waals surface area contributed by atoms with E-state index in [1.54, 1.807) is 37.6 Å². The van der Waals surface area contributed by atoms with Gasteiger partial charge in [-0.15, -0.1) is 0 Å². The second-order valence-electron chi connectivity index (χ2n) is 8.45. The number of nitriles is 2. The lowest BCUT2D eigenvalue weighted by Gasteiger charge is -2.34. The number of hydrogen-bond donors (Lipinski definition) is 0. The monoisotopic (exact) mass is 449 g/mol. The van der Waals surface area contributed by atoms with E-state index in [0.717, 1.165) is 11.1 Å². The van der Waals surface area contributed by atoms with Gasteiger partial charge in [0.05, 0.1) is 25.3 Å². The molecule has 0 bridgehead atoms. The molecule has 0 aliphatic carbocycles. The molecule has 5 nitrogen and oxygen atoms in total. The molecule has 2 aliphatic rings. The third-order valence-corrected chi connectivity index (χ3v) is 6.82. The van der Waals surface area contributed by atoms with Crippen LogP contribution >= 0.6 is 0 Å². The fraction of sp³-hybridized carbons (Fsp3) is 0.179. The van der Waals surface area contributed by atoms with E-state index >= 15 is 0 Å². The van der Waals surface area contributed by atoms with E-state index < -0.39 is 29.2 Å². The third kappa shape index (κ3) is 3.08. The number of carbonyl (C=O) groups excluding carboxylic acids is 1. The van der Waals surface area contributed by atoms with Gasteiger partial charge in [0.2, 0.25) is 0 Å². The normalized spacial score (nSPS) is 21.6. The van der Waals surface area contributed by atoms with Crippen molar-refractivity contribution in [3.8, 4) is 17.9 Å². The largest absolute Gasteiger partial charge is 0.497 e. The van der Waals surface area contributed by atoms with Crippen LogP contribution in [-0.4, -0.2) is 23.8 Å². The summed E-state index contributed by atoms with van der Waals surface area (Å²) in [4.78, 5) is 15.7. The molecule has 0 spiro atoms. The Hall–Kier alpha value is -4.42. The second-order valence-corrected chi connectivity index (χ2v) is 8.45. The van der Waals surface area contributed by atoms with Crippen molar-refractivity contribution in [2.45, 2.75) is 18.0 Å². The van der Waals surface area contributed by atoms with Crippen LogP contribution in [0.4, 0.5) is 4.39 Å². The quantitative estimate of drug-likeness (QED) is 0.509. The summed E-state index contributed by atoms with van der Waals surface area (Å²) in [5.74, 6) is -0.845. The van der Waals surface area contributed by atoms with E-state index in [-0.39, 0.29) is 5.78 Å². The molecule has 6 heteroatoms. The first-order chi connectivity index (χ1) is 16.5. The Labute approximate surface area is 196 Å². The first kappa shape index (κ1) is 21.4. The number of nitrogens with zero attached hydrogens (tertiary/aromatic N) is 3. The predicted octanol–water partition coefficient (Wildman–Crippen LogP) is 5.24. The van der Waals surface area contributed by atoms with Gasteiger partial charge in [0, 0.05) is 17.7 Å². The highest BCUT2D eigenvalue weighted by Gasteiger charge is 2.63. The summed E-state index contributed by atoms with van der Waals surface area (Å²) < 4.78 is 18.9. The fourth-order valence-corrected chi connectivity index (χ4v) is 5.26. The van der Waals surface area contributed by atoms with Crippen LogP contribution in [0.25, 0.3) is 6.08 Å². The highest BCUT2D eigenvalue weighted by molar-refractivity contribution is 6.01. The van der Waals surface area contributed by atoms with Gasteiger partial charge in [-0.05, 0) is 59.2 Å². The molecule has 2 aliphatic heterocycles. The van der Waals surface area contributed by atoms with E-state index in [1.165, 1.54) is 24.3 Å². The summed E-state index contributed by atoms with van der Waals surface area (Å²) >= 11 is 0. The van der Waals surface area contributed by atoms with Crippen LogP contribution in [-0.2, 0) is 0 Å². The standard InChI is InChI=1S/C28H20FN3O2/c1-34-22-12-8-19(9-13-22)24-25(26(33)20-6-10-21(29)11-7-20)32-15-14-18-4-2-3-5-23(18)27(32)28(24,16-30)17-31/h2-15,24-25,27H,1H3. The minimum Gasteiger partial charge on any atom is -0.497 e. The molecule has 3 aromatic rings. The molecule has 2 heterocycles. The number of methoxy groups -OCH3 is 1. The zero-order chi connectivity index (χ0) is 23.9. The van der Waals surface area contributed by atoms with Crippen LogP contribution in [0.15, 0.2) is 79.0 Å². The summed E-state index contributed by atoms with van der Waals surface area (Å²) in [6, 6.07) is 23.2. The minimum absolute atomic E-state index is 0.276. The molecule has 1 saturated heterocycles. The van der Waals surface area contributed by atoms with Crippen molar-refractivity contribution < 1.29 is 13.9 Å². The van der Waals surface area contributed by atoms with Gasteiger partial charge in [0.15, 0.2) is 11.2 Å². The molecule has 3 atom stereocenters. The predicted molar refractivity (Wildman–Crippen MR) is 124 cm³/mol.